The maximum absolute atomic E-state index is 13.2. The summed E-state index contributed by atoms with van der Waals surface area (Å²) in [7, 11) is 1.84. The molecule has 9 heteroatoms. The highest BCUT2D eigenvalue weighted by atomic mass is 16.4. The first-order valence-electron chi connectivity index (χ1n) is 11.4. The van der Waals surface area contributed by atoms with Gasteiger partial charge >= 0.3 is 0 Å². The molecule has 2 aromatic carbocycles. The number of aliphatic carboxylic acids is 1. The number of aliphatic hydroxyl groups excluding tert-OH is 1. The summed E-state index contributed by atoms with van der Waals surface area (Å²) in [5, 5.41) is 26.1. The third-order valence-electron chi connectivity index (χ3n) is 7.22. The third-order valence-corrected chi connectivity index (χ3v) is 7.22. The molecular formula is C26H22N4O5. The van der Waals surface area contributed by atoms with Gasteiger partial charge in [0, 0.05) is 16.2 Å². The zero-order chi connectivity index (χ0) is 24.6. The predicted molar refractivity (Wildman–Crippen MR) is 120 cm³/mol. The monoisotopic (exact) mass is 470 g/mol. The van der Waals surface area contributed by atoms with Gasteiger partial charge in [0.1, 0.15) is 0 Å². The fourth-order valence-corrected chi connectivity index (χ4v) is 5.64. The van der Waals surface area contributed by atoms with Crippen molar-refractivity contribution in [2.24, 2.45) is 13.0 Å². The van der Waals surface area contributed by atoms with Crippen LogP contribution in [-0.2, 0) is 23.2 Å². The van der Waals surface area contributed by atoms with Crippen LogP contribution in [0.4, 0.5) is 0 Å². The molecule has 1 saturated heterocycles. The topological polar surface area (TPSA) is 119 Å². The van der Waals surface area contributed by atoms with E-state index in [-0.39, 0.29) is 11.5 Å². The van der Waals surface area contributed by atoms with Crippen LogP contribution >= 0.6 is 0 Å². The fraction of sp³-hybridized carbons (Fsp3) is 0.269. The van der Waals surface area contributed by atoms with E-state index in [0.717, 1.165) is 16.7 Å². The summed E-state index contributed by atoms with van der Waals surface area (Å²) in [6, 6.07) is 10.6. The second kappa shape index (κ2) is 7.44. The van der Waals surface area contributed by atoms with Gasteiger partial charge < -0.3 is 19.9 Å². The molecule has 1 fully saturated rings. The van der Waals surface area contributed by atoms with Crippen LogP contribution in [-0.4, -0.2) is 49.6 Å². The molecule has 3 aromatic rings. The molecule has 35 heavy (non-hydrogen) atoms. The molecule has 176 valence electrons. The van der Waals surface area contributed by atoms with Crippen molar-refractivity contribution < 1.29 is 29.2 Å². The number of aliphatic hydroxyl groups is 1. The first-order chi connectivity index (χ1) is 16.7. The summed E-state index contributed by atoms with van der Waals surface area (Å²) in [5.74, 6) is -2.53. The second-order valence-electron chi connectivity index (χ2n) is 9.42. The molecule has 1 aliphatic carbocycles. The summed E-state index contributed by atoms with van der Waals surface area (Å²) >= 11 is 0. The van der Waals surface area contributed by atoms with E-state index in [0.29, 0.717) is 35.2 Å². The lowest BCUT2D eigenvalue weighted by atomic mass is 9.82. The highest BCUT2D eigenvalue weighted by Crippen LogP contribution is 2.48. The van der Waals surface area contributed by atoms with E-state index in [4.69, 9.17) is 0 Å². The largest absolute Gasteiger partial charge is 0.543 e. The summed E-state index contributed by atoms with van der Waals surface area (Å²) < 4.78 is 3.63. The molecule has 0 bridgehead atoms. The van der Waals surface area contributed by atoms with Crippen molar-refractivity contribution in [2.75, 3.05) is 0 Å². The molecule has 0 saturated carbocycles. The van der Waals surface area contributed by atoms with Gasteiger partial charge in [0.2, 0.25) is 12.2 Å². The minimum atomic E-state index is -1.42. The normalized spacial score (nSPS) is 21.1. The Morgan fingerprint density at radius 3 is 2.63 bits per heavy atom. The number of ketones is 1. The zero-order valence-corrected chi connectivity index (χ0v) is 19.1. The maximum atomic E-state index is 13.2. The van der Waals surface area contributed by atoms with E-state index in [1.165, 1.54) is 11.8 Å². The van der Waals surface area contributed by atoms with Crippen LogP contribution in [0.2, 0.25) is 0 Å². The fourth-order valence-electron chi connectivity index (χ4n) is 5.64. The average Bonchev–Trinajstić information content (AvgIpc) is 3.46. The van der Waals surface area contributed by atoms with Crippen molar-refractivity contribution in [3.63, 3.8) is 0 Å². The molecule has 1 amide bonds. The smallest absolute Gasteiger partial charge is 0.265 e. The maximum Gasteiger partial charge on any atom is 0.265 e. The SMILES string of the molecule is C[C@@H](O)[C@H]1C(=O)N2C(C(=O)[O-])=C(c3ccc4c(c3)-c3ccc(C[n+]5cnn(C)c5)cc3C4=O)C[C@H]12. The number of carboxylic acid groups (broad SMARTS) is 1. The van der Waals surface area contributed by atoms with E-state index >= 15 is 0 Å². The number of hydrogen-bond acceptors (Lipinski definition) is 6. The Kier molecular flexibility index (Phi) is 4.56. The van der Waals surface area contributed by atoms with E-state index in [1.54, 1.807) is 23.1 Å². The number of fused-ring (bicyclic) bond motifs is 4. The van der Waals surface area contributed by atoms with Crippen molar-refractivity contribution in [3.05, 3.63) is 77.0 Å². The number of rotatable bonds is 5. The first-order valence-corrected chi connectivity index (χ1v) is 11.4. The van der Waals surface area contributed by atoms with Gasteiger partial charge in [0.15, 0.2) is 5.78 Å². The van der Waals surface area contributed by atoms with Crippen molar-refractivity contribution in [2.45, 2.75) is 32.0 Å². The van der Waals surface area contributed by atoms with E-state index < -0.39 is 29.9 Å². The highest BCUT2D eigenvalue weighted by Gasteiger charge is 2.55. The van der Waals surface area contributed by atoms with Gasteiger partial charge in [0.25, 0.3) is 6.33 Å². The molecule has 3 atom stereocenters. The van der Waals surface area contributed by atoms with Crippen LogP contribution in [0, 0.1) is 5.92 Å². The van der Waals surface area contributed by atoms with Crippen molar-refractivity contribution in [1.29, 1.82) is 0 Å². The number of nitrogens with zero attached hydrogens (tertiary/aromatic N) is 4. The lowest BCUT2D eigenvalue weighted by Crippen LogP contribution is -2.62. The van der Waals surface area contributed by atoms with E-state index in [2.05, 4.69) is 5.10 Å². The molecular weight excluding hydrogens is 448 g/mol. The van der Waals surface area contributed by atoms with Gasteiger partial charge in [-0.3, -0.25) is 9.59 Å². The first kappa shape index (κ1) is 21.4. The van der Waals surface area contributed by atoms with E-state index in [9.17, 15) is 24.6 Å². The number of hydrogen-bond donors (Lipinski definition) is 1. The third kappa shape index (κ3) is 3.08. The quantitative estimate of drug-likeness (QED) is 0.325. The van der Waals surface area contributed by atoms with Crippen molar-refractivity contribution in [1.82, 2.24) is 14.7 Å². The minimum Gasteiger partial charge on any atom is -0.543 e. The molecule has 0 unspecified atom stereocenters. The van der Waals surface area contributed by atoms with Gasteiger partial charge in [-0.15, -0.1) is 4.68 Å². The molecule has 2 aliphatic heterocycles. The number of carbonyl (C=O) groups excluding carboxylic acids is 3. The molecule has 9 nitrogen and oxygen atoms in total. The summed E-state index contributed by atoms with van der Waals surface area (Å²) in [4.78, 5) is 38.9. The Labute approximate surface area is 200 Å². The Hall–Kier alpha value is -4.11. The van der Waals surface area contributed by atoms with Crippen LogP contribution in [0.5, 0.6) is 0 Å². The van der Waals surface area contributed by atoms with Crippen LogP contribution in [0.25, 0.3) is 16.7 Å². The minimum absolute atomic E-state index is 0.0757. The number of aromatic nitrogens is 3. The van der Waals surface area contributed by atoms with Gasteiger partial charge in [-0.1, -0.05) is 18.2 Å². The van der Waals surface area contributed by atoms with Crippen LogP contribution in [0.1, 0.15) is 40.4 Å². The summed E-state index contributed by atoms with van der Waals surface area (Å²) in [6.45, 7) is 2.11. The highest BCUT2D eigenvalue weighted by molar-refractivity contribution is 6.22. The molecule has 3 aliphatic rings. The second-order valence-corrected chi connectivity index (χ2v) is 9.42. The van der Waals surface area contributed by atoms with Gasteiger partial charge in [-0.05, 0) is 59.4 Å². The van der Waals surface area contributed by atoms with Crippen molar-refractivity contribution in [3.8, 4) is 11.1 Å². The summed E-state index contributed by atoms with van der Waals surface area (Å²) in [5.41, 5.74) is 4.63. The number of carboxylic acids is 1. The Morgan fingerprint density at radius 1 is 1.17 bits per heavy atom. The Bertz CT molecular complexity index is 1480. The molecule has 0 spiro atoms. The van der Waals surface area contributed by atoms with Crippen molar-refractivity contribution >= 4 is 23.2 Å². The Balaban J connectivity index is 1.38. The Morgan fingerprint density at radius 2 is 1.94 bits per heavy atom. The molecule has 1 N–H and O–H groups in total. The van der Waals surface area contributed by atoms with Gasteiger partial charge in [-0.2, -0.15) is 0 Å². The molecule has 3 heterocycles. The lowest BCUT2D eigenvalue weighted by molar-refractivity contribution is -0.689. The van der Waals surface area contributed by atoms with Gasteiger partial charge in [0.05, 0.1) is 43.3 Å². The number of β-lactam (4-membered cyclic amide) rings is 1. The van der Waals surface area contributed by atoms with E-state index in [1.807, 2.05) is 42.2 Å². The van der Waals surface area contributed by atoms with Crippen LogP contribution in [0.15, 0.2) is 54.7 Å². The number of benzene rings is 2. The number of amides is 1. The standard InChI is InChI=1S/C26H22N4O5/c1-13(31)22-21-9-18(23(26(34)35)30(21)25(22)33)15-4-6-17-19(8-15)16-5-3-14(7-20(16)24(17)32)10-29-11-27-28(2)12-29/h3-8,11-13,21-22,31H,9-10H2,1-2H3/t13-,21-,22-/m1/s1. The number of carbonyl (C=O) groups is 3. The molecule has 6 rings (SSSR count). The van der Waals surface area contributed by atoms with Gasteiger partial charge in [-0.25, -0.2) is 4.57 Å². The summed E-state index contributed by atoms with van der Waals surface area (Å²) in [6.07, 6.45) is 3.02. The number of aryl methyl sites for hydroxylation is 1. The molecule has 1 aromatic heterocycles. The lowest BCUT2D eigenvalue weighted by Gasteiger charge is -2.45. The van der Waals surface area contributed by atoms with Crippen LogP contribution in [0.3, 0.4) is 0 Å². The average molecular weight is 470 g/mol. The zero-order valence-electron chi connectivity index (χ0n) is 19.1. The molecule has 0 radical (unpaired) electrons. The predicted octanol–water partition coefficient (Wildman–Crippen LogP) is 0.0398. The van der Waals surface area contributed by atoms with Crippen LogP contribution < -0.4 is 9.67 Å².